The number of carbonyl (C=O) groups excluding carboxylic acids is 10. The van der Waals surface area contributed by atoms with E-state index in [2.05, 4.69) is 34.6 Å². The normalized spacial score (nSPS) is 33.5. The molecule has 0 aromatic rings. The first kappa shape index (κ1) is 60.7. The van der Waals surface area contributed by atoms with E-state index in [9.17, 15) is 47.9 Å². The number of rotatable bonds is 19. The molecule has 66 heavy (non-hydrogen) atoms. The fourth-order valence-electron chi connectivity index (χ4n) is 11.3. The van der Waals surface area contributed by atoms with Crippen molar-refractivity contribution in [2.75, 3.05) is 0 Å². The van der Waals surface area contributed by atoms with Gasteiger partial charge in [-0.05, 0) is 121 Å². The standard InChI is InChI=1S/C14H24O2.2C12H20O2.C10H16O2.C8H12O2/c1-3-5-7-12-8-10-14(11-15,13(12)16)9-6-4-2;1-8(2)10-5-6-12(7-13,9(3)4)11(10)14;1-3-5-10-6-8-12(9-13,7-4-2)11(10)14;1-3-8-5-6-10(4-2,7-11)9(8)12;1-6-3-4-8(2,5-9)7(6)10/h11-12H,3-10H2,1-2H3;7-10H,5-6H2,1-4H3;9-10H,3-8H2,1-2H3;7-8H,3-6H2,1-2H3;5-6H,3-4H2,1-2H3. The van der Waals surface area contributed by atoms with Crippen molar-refractivity contribution in [3.8, 4) is 0 Å². The third kappa shape index (κ3) is 14.4. The van der Waals surface area contributed by atoms with Gasteiger partial charge < -0.3 is 24.0 Å². The van der Waals surface area contributed by atoms with Gasteiger partial charge in [0.2, 0.25) is 0 Å². The summed E-state index contributed by atoms with van der Waals surface area (Å²) in [4.78, 5) is 114. The van der Waals surface area contributed by atoms with E-state index in [1.54, 1.807) is 6.92 Å². The molecule has 10 nitrogen and oxygen atoms in total. The summed E-state index contributed by atoms with van der Waals surface area (Å²) in [6.07, 6.45) is 24.0. The number of hydrogen-bond acceptors (Lipinski definition) is 10. The Kier molecular flexibility index (Phi) is 26.0. The van der Waals surface area contributed by atoms with Gasteiger partial charge in [-0.3, -0.25) is 24.0 Å². The van der Waals surface area contributed by atoms with Crippen LogP contribution >= 0.6 is 0 Å². The maximum atomic E-state index is 12.2. The lowest BCUT2D eigenvalue weighted by molar-refractivity contribution is -0.138. The minimum atomic E-state index is -0.672. The number of aldehydes is 5. The monoisotopic (exact) mass is 925 g/mol. The molecule has 0 aromatic carbocycles. The van der Waals surface area contributed by atoms with Crippen molar-refractivity contribution in [2.45, 2.75) is 224 Å². The second-order valence-electron chi connectivity index (χ2n) is 21.6. The summed E-state index contributed by atoms with van der Waals surface area (Å²) in [5.41, 5.74) is -3.14. The second-order valence-corrected chi connectivity index (χ2v) is 21.6. The average Bonchev–Trinajstić information content (AvgIpc) is 4.09. The molecule has 0 N–H and O–H groups in total. The average molecular weight is 925 g/mol. The maximum absolute atomic E-state index is 12.2. The summed E-state index contributed by atoms with van der Waals surface area (Å²) in [6, 6.07) is 0. The first-order chi connectivity index (χ1) is 31.1. The quantitative estimate of drug-likeness (QED) is 0.0897. The lowest BCUT2D eigenvalue weighted by atomic mass is 9.74. The molecule has 10 heteroatoms. The van der Waals surface area contributed by atoms with E-state index >= 15 is 0 Å². The summed E-state index contributed by atoms with van der Waals surface area (Å²) in [5, 5.41) is 0. The summed E-state index contributed by atoms with van der Waals surface area (Å²) < 4.78 is 0. The van der Waals surface area contributed by atoms with Gasteiger partial charge in [-0.25, -0.2) is 0 Å². The third-order valence-corrected chi connectivity index (χ3v) is 16.5. The molecule has 0 aromatic heterocycles. The molecule has 0 amide bonds. The van der Waals surface area contributed by atoms with Crippen molar-refractivity contribution in [3.05, 3.63) is 0 Å². The van der Waals surface area contributed by atoms with Crippen molar-refractivity contribution < 1.29 is 47.9 Å². The molecule has 0 aliphatic heterocycles. The Hall–Kier alpha value is -3.30. The van der Waals surface area contributed by atoms with Crippen molar-refractivity contribution in [3.63, 3.8) is 0 Å². The van der Waals surface area contributed by atoms with Crippen LogP contribution in [0.4, 0.5) is 0 Å². The first-order valence-corrected chi connectivity index (χ1v) is 26.2. The Balaban J connectivity index is 0.000000416. The summed E-state index contributed by atoms with van der Waals surface area (Å²) in [5.74, 6) is 2.11. The van der Waals surface area contributed by atoms with Gasteiger partial charge in [0, 0.05) is 29.6 Å². The highest BCUT2D eigenvalue weighted by Crippen LogP contribution is 2.46. The molecule has 5 fully saturated rings. The van der Waals surface area contributed by atoms with Gasteiger partial charge in [-0.2, -0.15) is 0 Å². The maximum Gasteiger partial charge on any atom is 0.149 e. The van der Waals surface area contributed by atoms with E-state index in [1.807, 2.05) is 41.5 Å². The Bertz CT molecular complexity index is 1630. The van der Waals surface area contributed by atoms with Crippen molar-refractivity contribution in [1.82, 2.24) is 0 Å². The molecule has 10 unspecified atom stereocenters. The Morgan fingerprint density at radius 3 is 1.32 bits per heavy atom. The molecule has 0 heterocycles. The third-order valence-electron chi connectivity index (χ3n) is 16.5. The number of Topliss-reactive ketones (excluding diaryl/α,β-unsaturated/α-hetero) is 5. The van der Waals surface area contributed by atoms with Crippen LogP contribution in [0.2, 0.25) is 0 Å². The number of unbranched alkanes of at least 4 members (excludes halogenated alkanes) is 2. The van der Waals surface area contributed by atoms with Gasteiger partial charge in [0.25, 0.3) is 0 Å². The molecule has 5 saturated carbocycles. The predicted octanol–water partition coefficient (Wildman–Crippen LogP) is 11.9. The van der Waals surface area contributed by atoms with Crippen LogP contribution in [-0.2, 0) is 47.9 Å². The number of ketones is 5. The highest BCUT2D eigenvalue weighted by atomic mass is 16.2. The zero-order valence-corrected chi connectivity index (χ0v) is 43.6. The molecular formula is C56H92O10. The van der Waals surface area contributed by atoms with Crippen LogP contribution in [0, 0.1) is 68.5 Å². The van der Waals surface area contributed by atoms with Crippen LogP contribution in [0.15, 0.2) is 0 Å². The van der Waals surface area contributed by atoms with E-state index in [4.69, 9.17) is 0 Å². The Morgan fingerprint density at radius 2 is 1.00 bits per heavy atom. The smallest absolute Gasteiger partial charge is 0.149 e. The first-order valence-electron chi connectivity index (χ1n) is 26.2. The molecular weight excluding hydrogens is 833 g/mol. The molecule has 5 aliphatic carbocycles. The lowest BCUT2D eigenvalue weighted by Crippen LogP contribution is -2.36. The van der Waals surface area contributed by atoms with Gasteiger partial charge >= 0.3 is 0 Å². The van der Waals surface area contributed by atoms with Gasteiger partial charge in [0.15, 0.2) is 0 Å². The molecule has 0 saturated heterocycles. The molecule has 5 rings (SSSR count). The number of carbonyl (C=O) groups is 10. The van der Waals surface area contributed by atoms with Crippen molar-refractivity contribution in [2.24, 2.45) is 68.5 Å². The minimum Gasteiger partial charge on any atom is -0.302 e. The van der Waals surface area contributed by atoms with E-state index in [0.29, 0.717) is 12.3 Å². The van der Waals surface area contributed by atoms with E-state index in [1.165, 1.54) is 0 Å². The molecule has 10 atom stereocenters. The van der Waals surface area contributed by atoms with Crippen molar-refractivity contribution in [1.29, 1.82) is 0 Å². The molecule has 376 valence electrons. The predicted molar refractivity (Wildman–Crippen MR) is 262 cm³/mol. The molecule has 0 radical (unpaired) electrons. The minimum absolute atomic E-state index is 0.0928. The van der Waals surface area contributed by atoms with E-state index in [-0.39, 0.29) is 64.4 Å². The molecule has 5 aliphatic rings. The van der Waals surface area contributed by atoms with E-state index in [0.717, 1.165) is 166 Å². The van der Waals surface area contributed by atoms with Crippen molar-refractivity contribution >= 4 is 60.3 Å². The highest BCUT2D eigenvalue weighted by Gasteiger charge is 2.51. The fourth-order valence-corrected chi connectivity index (χ4v) is 11.3. The van der Waals surface area contributed by atoms with Crippen LogP contribution in [0.1, 0.15) is 224 Å². The largest absolute Gasteiger partial charge is 0.302 e. The van der Waals surface area contributed by atoms with E-state index < -0.39 is 27.1 Å². The fraction of sp³-hybridized carbons (Fsp3) is 0.821. The second kappa shape index (κ2) is 28.3. The van der Waals surface area contributed by atoms with Gasteiger partial charge in [-0.1, -0.05) is 115 Å². The SMILES string of the molecule is CC(C)C1CCC(C=O)(C(C)C)C1=O.CC1CCC(C)(C=O)C1=O.CCC1CCC(C=O)(CC)C1=O.CCCC1CCC(C=O)(CCC)C1=O.CCCCC1CCC(C=O)(CCCC)C1=O. The zero-order valence-electron chi connectivity index (χ0n) is 43.6. The zero-order chi connectivity index (χ0) is 50.5. The van der Waals surface area contributed by atoms with Gasteiger partial charge in [-0.15, -0.1) is 0 Å². The van der Waals surface area contributed by atoms with Crippen LogP contribution in [-0.4, -0.2) is 60.3 Å². The topological polar surface area (TPSA) is 171 Å². The Morgan fingerprint density at radius 1 is 0.500 bits per heavy atom. The van der Waals surface area contributed by atoms with Crippen LogP contribution in [0.5, 0.6) is 0 Å². The summed E-state index contributed by atoms with van der Waals surface area (Å²) in [7, 11) is 0. The highest BCUT2D eigenvalue weighted by molar-refractivity contribution is 6.03. The molecule has 0 bridgehead atoms. The summed E-state index contributed by atoms with van der Waals surface area (Å²) >= 11 is 0. The molecule has 0 spiro atoms. The van der Waals surface area contributed by atoms with Crippen LogP contribution in [0.25, 0.3) is 0 Å². The van der Waals surface area contributed by atoms with Gasteiger partial charge in [0.05, 0.1) is 27.1 Å². The lowest BCUT2D eigenvalue weighted by Gasteiger charge is -2.26. The summed E-state index contributed by atoms with van der Waals surface area (Å²) in [6.45, 7) is 24.0. The van der Waals surface area contributed by atoms with Crippen LogP contribution in [0.3, 0.4) is 0 Å². The van der Waals surface area contributed by atoms with Crippen LogP contribution < -0.4 is 0 Å². The Labute approximate surface area is 399 Å². The van der Waals surface area contributed by atoms with Gasteiger partial charge in [0.1, 0.15) is 60.3 Å². The number of hydrogen-bond donors (Lipinski definition) is 0.